The number of carbonyl (C=O) groups is 2. The van der Waals surface area contributed by atoms with Gasteiger partial charge in [-0.25, -0.2) is 4.98 Å². The fraction of sp³-hybridized carbons (Fsp3) is 0.250. The number of nitrogens with one attached hydrogen (secondary N) is 1. The summed E-state index contributed by atoms with van der Waals surface area (Å²) in [5.74, 6) is 0.0445. The monoisotopic (exact) mass is 434 g/mol. The topological polar surface area (TPSA) is 68.3 Å². The van der Waals surface area contributed by atoms with E-state index in [4.69, 9.17) is 16.3 Å². The highest BCUT2D eigenvalue weighted by atomic mass is 35.5. The lowest BCUT2D eigenvalue weighted by Gasteiger charge is -2.07. The number of rotatable bonds is 9. The predicted octanol–water partition coefficient (Wildman–Crippen LogP) is 4.68. The lowest BCUT2D eigenvalue weighted by molar-refractivity contribution is -0.148. The Kier molecular flexibility index (Phi) is 7.71. The van der Waals surface area contributed by atoms with E-state index in [1.165, 1.54) is 0 Å². The molecular weight excluding hydrogens is 416 g/mol. The van der Waals surface area contributed by atoms with Crippen molar-refractivity contribution in [3.63, 3.8) is 0 Å². The number of ether oxygens (including phenoxy) is 1. The molecule has 0 saturated heterocycles. The van der Waals surface area contributed by atoms with Gasteiger partial charge in [-0.3, -0.25) is 9.59 Å². The van der Waals surface area contributed by atoms with Crippen molar-refractivity contribution < 1.29 is 14.3 Å². The molecule has 1 aromatic heterocycles. The quantitative estimate of drug-likeness (QED) is 0.301. The summed E-state index contributed by atoms with van der Waals surface area (Å²) in [4.78, 5) is 28.1. The summed E-state index contributed by atoms with van der Waals surface area (Å²) in [6.07, 6.45) is 0.941. The minimum atomic E-state index is -0.377. The molecule has 0 spiro atoms. The number of nitrogens with zero attached hydrogens (tertiary/aromatic N) is 1. The van der Waals surface area contributed by atoms with Crippen molar-refractivity contribution in [2.45, 2.75) is 23.7 Å². The zero-order chi connectivity index (χ0) is 19.8. The number of esters is 1. The first-order chi connectivity index (χ1) is 13.6. The van der Waals surface area contributed by atoms with Crippen LogP contribution in [0.2, 0.25) is 5.02 Å². The van der Waals surface area contributed by atoms with Gasteiger partial charge in [-0.05, 0) is 30.2 Å². The molecule has 8 heteroatoms. The van der Waals surface area contributed by atoms with Crippen molar-refractivity contribution in [3.05, 3.63) is 59.1 Å². The minimum absolute atomic E-state index is 0.274. The lowest BCUT2D eigenvalue weighted by Crippen LogP contribution is -2.28. The number of hydrogen-bond acceptors (Lipinski definition) is 6. The largest absolute Gasteiger partial charge is 0.456 e. The van der Waals surface area contributed by atoms with E-state index < -0.39 is 0 Å². The molecule has 3 aromatic rings. The minimum Gasteiger partial charge on any atom is -0.456 e. The van der Waals surface area contributed by atoms with Crippen LogP contribution in [-0.2, 0) is 20.9 Å². The molecule has 0 bridgehead atoms. The summed E-state index contributed by atoms with van der Waals surface area (Å²) in [5, 5.41) is 3.27. The van der Waals surface area contributed by atoms with Crippen LogP contribution in [0.1, 0.15) is 18.4 Å². The smallest absolute Gasteiger partial charge is 0.306 e. The van der Waals surface area contributed by atoms with Gasteiger partial charge >= 0.3 is 5.97 Å². The number of para-hydroxylation sites is 1. The van der Waals surface area contributed by atoms with Crippen LogP contribution < -0.4 is 5.32 Å². The van der Waals surface area contributed by atoms with Gasteiger partial charge in [0.2, 0.25) is 0 Å². The average Bonchev–Trinajstić information content (AvgIpc) is 3.12. The van der Waals surface area contributed by atoms with Crippen LogP contribution in [0.15, 0.2) is 52.9 Å². The summed E-state index contributed by atoms with van der Waals surface area (Å²) in [6.45, 7) is 0.0170. The van der Waals surface area contributed by atoms with Gasteiger partial charge in [0.25, 0.3) is 5.91 Å². The zero-order valence-corrected chi connectivity index (χ0v) is 17.4. The molecular formula is C20H19ClN2O3S2. The number of carbonyl (C=O) groups excluding carboxylic acids is 2. The summed E-state index contributed by atoms with van der Waals surface area (Å²) < 4.78 is 7.17. The number of fused-ring (bicyclic) bond motifs is 1. The van der Waals surface area contributed by atoms with Crippen LogP contribution in [0.4, 0.5) is 0 Å². The van der Waals surface area contributed by atoms with Crippen molar-refractivity contribution in [3.8, 4) is 0 Å². The van der Waals surface area contributed by atoms with Gasteiger partial charge in [0, 0.05) is 23.7 Å². The molecule has 2 aromatic carbocycles. The number of benzene rings is 2. The van der Waals surface area contributed by atoms with E-state index in [-0.39, 0.29) is 24.9 Å². The molecule has 146 valence electrons. The third kappa shape index (κ3) is 6.22. The zero-order valence-electron chi connectivity index (χ0n) is 15.0. The molecule has 0 saturated carbocycles. The first-order valence-corrected chi connectivity index (χ1v) is 10.9. The van der Waals surface area contributed by atoms with Gasteiger partial charge in [0.1, 0.15) is 0 Å². The molecule has 0 atom stereocenters. The van der Waals surface area contributed by atoms with Crippen LogP contribution in [0, 0.1) is 0 Å². The van der Waals surface area contributed by atoms with E-state index in [1.54, 1.807) is 29.2 Å². The van der Waals surface area contributed by atoms with Gasteiger partial charge in [-0.1, -0.05) is 53.7 Å². The van der Waals surface area contributed by atoms with Crippen LogP contribution in [0.25, 0.3) is 10.2 Å². The van der Waals surface area contributed by atoms with Crippen LogP contribution in [0.5, 0.6) is 0 Å². The Labute approximate surface area is 176 Å². The molecule has 1 amide bonds. The van der Waals surface area contributed by atoms with Gasteiger partial charge in [-0.2, -0.15) is 0 Å². The van der Waals surface area contributed by atoms with E-state index in [9.17, 15) is 9.59 Å². The second-order valence-electron chi connectivity index (χ2n) is 5.93. The highest BCUT2D eigenvalue weighted by Gasteiger charge is 2.09. The van der Waals surface area contributed by atoms with E-state index in [1.807, 2.05) is 42.5 Å². The van der Waals surface area contributed by atoms with Gasteiger partial charge in [0.05, 0.1) is 10.2 Å². The Morgan fingerprint density at radius 1 is 1.14 bits per heavy atom. The Balaban J connectivity index is 1.30. The summed E-state index contributed by atoms with van der Waals surface area (Å²) in [7, 11) is 0. The van der Waals surface area contributed by atoms with Crippen molar-refractivity contribution in [1.29, 1.82) is 0 Å². The Morgan fingerprint density at radius 2 is 1.93 bits per heavy atom. The molecule has 0 unspecified atom stereocenters. The highest BCUT2D eigenvalue weighted by Crippen LogP contribution is 2.29. The Bertz CT molecular complexity index is 928. The molecule has 1 heterocycles. The van der Waals surface area contributed by atoms with Crippen LogP contribution >= 0.6 is 34.7 Å². The van der Waals surface area contributed by atoms with E-state index in [2.05, 4.69) is 10.3 Å². The third-order valence-electron chi connectivity index (χ3n) is 3.82. The van der Waals surface area contributed by atoms with Crippen molar-refractivity contribution in [2.24, 2.45) is 0 Å². The molecule has 0 aliphatic carbocycles. The van der Waals surface area contributed by atoms with Gasteiger partial charge < -0.3 is 10.1 Å². The van der Waals surface area contributed by atoms with Crippen molar-refractivity contribution in [2.75, 3.05) is 12.4 Å². The normalized spacial score (nSPS) is 10.8. The fourth-order valence-electron chi connectivity index (χ4n) is 2.39. The maximum absolute atomic E-state index is 11.8. The van der Waals surface area contributed by atoms with E-state index in [0.29, 0.717) is 18.0 Å². The van der Waals surface area contributed by atoms with Gasteiger partial charge in [-0.15, -0.1) is 11.3 Å². The first-order valence-electron chi connectivity index (χ1n) is 8.76. The second kappa shape index (κ2) is 10.5. The SMILES string of the molecule is O=C(COC(=O)CCCSc1nc2ccccc2s1)NCc1ccccc1Cl. The number of hydrogen-bond donors (Lipinski definition) is 1. The third-order valence-corrected chi connectivity index (χ3v) is 6.46. The second-order valence-corrected chi connectivity index (χ2v) is 8.71. The first kappa shape index (κ1) is 20.6. The van der Waals surface area contributed by atoms with Crippen molar-refractivity contribution in [1.82, 2.24) is 10.3 Å². The summed E-state index contributed by atoms with van der Waals surface area (Å²) in [5.41, 5.74) is 1.81. The summed E-state index contributed by atoms with van der Waals surface area (Å²) in [6, 6.07) is 15.3. The maximum Gasteiger partial charge on any atom is 0.306 e. The number of halogens is 1. The van der Waals surface area contributed by atoms with Gasteiger partial charge in [0.15, 0.2) is 10.9 Å². The molecule has 0 radical (unpaired) electrons. The van der Waals surface area contributed by atoms with E-state index >= 15 is 0 Å². The molecule has 3 rings (SSSR count). The molecule has 5 nitrogen and oxygen atoms in total. The highest BCUT2D eigenvalue weighted by molar-refractivity contribution is 8.01. The Morgan fingerprint density at radius 3 is 2.75 bits per heavy atom. The standard InChI is InChI=1S/C20H19ClN2O3S2/c21-15-7-2-1-6-14(15)12-22-18(24)13-26-19(25)10-5-11-27-20-23-16-8-3-4-9-17(16)28-20/h1-4,6-9H,5,10-13H2,(H,22,24). The van der Waals surface area contributed by atoms with Crippen molar-refractivity contribution >= 4 is 56.8 Å². The fourth-order valence-corrected chi connectivity index (χ4v) is 4.67. The van der Waals surface area contributed by atoms with Crippen LogP contribution in [-0.4, -0.2) is 29.2 Å². The number of aromatic nitrogens is 1. The lowest BCUT2D eigenvalue weighted by atomic mass is 10.2. The molecule has 0 aliphatic rings. The van der Waals surface area contributed by atoms with E-state index in [0.717, 1.165) is 25.9 Å². The average molecular weight is 435 g/mol. The molecule has 1 N–H and O–H groups in total. The predicted molar refractivity (Wildman–Crippen MR) is 114 cm³/mol. The number of thioether (sulfide) groups is 1. The van der Waals surface area contributed by atoms with Crippen LogP contribution in [0.3, 0.4) is 0 Å². The number of thiazole rings is 1. The Hall–Kier alpha value is -2.09. The molecule has 0 fully saturated rings. The summed E-state index contributed by atoms with van der Waals surface area (Å²) >= 11 is 9.31. The molecule has 28 heavy (non-hydrogen) atoms. The number of amides is 1. The molecule has 0 aliphatic heterocycles. The maximum atomic E-state index is 11.8.